The molecule has 0 spiro atoms. The van der Waals surface area contributed by atoms with Crippen molar-refractivity contribution in [3.05, 3.63) is 72.4 Å². The third-order valence-electron chi connectivity index (χ3n) is 8.60. The zero-order valence-corrected chi connectivity index (χ0v) is 27.5. The summed E-state index contributed by atoms with van der Waals surface area (Å²) < 4.78 is 34.5. The number of piperidine rings is 1. The number of nitrogens with one attached hydrogen (secondary N) is 1. The first-order valence-corrected chi connectivity index (χ1v) is 16.5. The number of carbonyl (C=O) groups is 2. The van der Waals surface area contributed by atoms with Crippen LogP contribution in [0.25, 0.3) is 10.9 Å². The number of fused-ring (bicyclic) bond motifs is 1. The topological polar surface area (TPSA) is 147 Å². The van der Waals surface area contributed by atoms with Crippen molar-refractivity contribution in [1.82, 2.24) is 24.0 Å². The van der Waals surface area contributed by atoms with Gasteiger partial charge in [0.2, 0.25) is 15.9 Å². The number of benzene rings is 2. The van der Waals surface area contributed by atoms with Gasteiger partial charge in [-0.1, -0.05) is 51.1 Å². The molecule has 2 aromatic heterocycles. The zero-order valence-electron chi connectivity index (χ0n) is 26.7. The Hall–Kier alpha value is -4.49. The fourth-order valence-electron chi connectivity index (χ4n) is 6.06. The van der Waals surface area contributed by atoms with Crippen LogP contribution in [0.4, 0.5) is 16.3 Å². The van der Waals surface area contributed by atoms with Gasteiger partial charge < -0.3 is 24.9 Å². The lowest BCUT2D eigenvalue weighted by molar-refractivity contribution is -0.111. The number of carbonyl (C=O) groups excluding carboxylic acids is 1. The van der Waals surface area contributed by atoms with Crippen molar-refractivity contribution < 1.29 is 27.9 Å². The number of rotatable bonds is 10. The highest BCUT2D eigenvalue weighted by atomic mass is 32.2. The number of aldehydes is 1. The fraction of sp³-hybridized carbons (Fsp3) is 0.394. The molecule has 1 fully saturated rings. The van der Waals surface area contributed by atoms with E-state index in [0.29, 0.717) is 41.1 Å². The van der Waals surface area contributed by atoms with Gasteiger partial charge in [-0.05, 0) is 54.2 Å². The van der Waals surface area contributed by atoms with Crippen molar-refractivity contribution >= 4 is 44.8 Å². The van der Waals surface area contributed by atoms with Gasteiger partial charge in [-0.25, -0.2) is 22.5 Å². The van der Waals surface area contributed by atoms with Crippen LogP contribution in [0.1, 0.15) is 45.6 Å². The molecule has 2 unspecified atom stereocenters. The average molecular weight is 649 g/mol. The van der Waals surface area contributed by atoms with E-state index in [9.17, 15) is 23.1 Å². The molecule has 12 nitrogen and oxygen atoms in total. The molecule has 2 atom stereocenters. The van der Waals surface area contributed by atoms with Gasteiger partial charge in [-0.2, -0.15) is 5.10 Å². The number of likely N-dealkylation sites (tertiary alicyclic amines) is 1. The first-order chi connectivity index (χ1) is 21.8. The molecule has 0 aliphatic carbocycles. The minimum atomic E-state index is -3.62. The largest absolute Gasteiger partial charge is 0.472 e. The first kappa shape index (κ1) is 32.9. The second-order valence-electron chi connectivity index (χ2n) is 12.9. The Morgan fingerprint density at radius 2 is 1.83 bits per heavy atom. The number of anilines is 2. The van der Waals surface area contributed by atoms with E-state index in [1.807, 2.05) is 61.9 Å². The Labute approximate surface area is 269 Å². The van der Waals surface area contributed by atoms with Crippen LogP contribution in [0.5, 0.6) is 5.88 Å². The number of carboxylic acid groups (broad SMARTS) is 1. The van der Waals surface area contributed by atoms with Crippen LogP contribution in [0, 0.1) is 5.41 Å². The maximum absolute atomic E-state index is 12.6. The van der Waals surface area contributed by atoms with E-state index in [1.54, 1.807) is 18.3 Å². The quantitative estimate of drug-likeness (QED) is 0.214. The summed E-state index contributed by atoms with van der Waals surface area (Å²) in [4.78, 5) is 30.7. The van der Waals surface area contributed by atoms with E-state index >= 15 is 0 Å². The zero-order chi connectivity index (χ0) is 33.3. The molecule has 2 aromatic carbocycles. The van der Waals surface area contributed by atoms with Gasteiger partial charge in [-0.3, -0.25) is 4.68 Å². The third-order valence-corrected chi connectivity index (χ3v) is 10.4. The van der Waals surface area contributed by atoms with Crippen molar-refractivity contribution in [3.63, 3.8) is 0 Å². The smallest absolute Gasteiger partial charge is 0.407 e. The summed E-state index contributed by atoms with van der Waals surface area (Å²) in [7, 11) is -0.664. The molecule has 5 rings (SSSR count). The van der Waals surface area contributed by atoms with Crippen LogP contribution in [0.2, 0.25) is 0 Å². The Balaban J connectivity index is 1.63. The number of nitrogens with zero attached hydrogens (tertiary/aromatic N) is 5. The maximum Gasteiger partial charge on any atom is 0.407 e. The van der Waals surface area contributed by atoms with Crippen molar-refractivity contribution in [2.75, 3.05) is 26.0 Å². The molecule has 3 heterocycles. The molecule has 0 saturated carbocycles. The van der Waals surface area contributed by atoms with Crippen LogP contribution in [0.3, 0.4) is 0 Å². The number of hydrogen-bond acceptors (Lipinski definition) is 8. The lowest BCUT2D eigenvalue weighted by Gasteiger charge is -2.49. The third kappa shape index (κ3) is 6.42. The van der Waals surface area contributed by atoms with Crippen molar-refractivity contribution in [3.8, 4) is 5.88 Å². The van der Waals surface area contributed by atoms with Gasteiger partial charge in [0, 0.05) is 45.0 Å². The standard InChI is InChI=1S/C33H40N6O6S/c1-32(2,3)27-21-33(17-20-40,16-19-38(27)31(41)42)39-26-15-18-34-30(45-22-23-9-7-6-8-10-23)28(26)29(36-39)35-24-11-13-25(14-12-24)46(43,44)37(4)5/h6-15,18,20,27H,16-17,19,21-22H2,1-5H3,(H,35,36)(H,41,42). The molecule has 2 N–H and O–H groups in total. The monoisotopic (exact) mass is 648 g/mol. The minimum Gasteiger partial charge on any atom is -0.472 e. The van der Waals surface area contributed by atoms with Crippen molar-refractivity contribution in [1.29, 1.82) is 0 Å². The minimum absolute atomic E-state index is 0.128. The summed E-state index contributed by atoms with van der Waals surface area (Å²) in [5.74, 6) is 0.742. The van der Waals surface area contributed by atoms with Gasteiger partial charge in [0.05, 0.1) is 16.0 Å². The van der Waals surface area contributed by atoms with Gasteiger partial charge in [0.15, 0.2) is 5.82 Å². The van der Waals surface area contributed by atoms with E-state index in [0.717, 1.165) is 16.2 Å². The van der Waals surface area contributed by atoms with Crippen molar-refractivity contribution in [2.45, 2.75) is 63.1 Å². The lowest BCUT2D eigenvalue weighted by Crippen LogP contribution is -2.57. The summed E-state index contributed by atoms with van der Waals surface area (Å²) in [5.41, 5.74) is 0.973. The second kappa shape index (κ2) is 12.7. The van der Waals surface area contributed by atoms with Gasteiger partial charge in [0.1, 0.15) is 18.3 Å². The van der Waals surface area contributed by atoms with Gasteiger partial charge in [0.25, 0.3) is 0 Å². The number of sulfonamides is 1. The summed E-state index contributed by atoms with van der Waals surface area (Å²) in [6, 6.07) is 17.5. The molecule has 244 valence electrons. The molecule has 0 radical (unpaired) electrons. The molecular formula is C33H40N6O6S. The van der Waals surface area contributed by atoms with Crippen LogP contribution in [0.15, 0.2) is 71.8 Å². The summed E-state index contributed by atoms with van der Waals surface area (Å²) >= 11 is 0. The van der Waals surface area contributed by atoms with Crippen LogP contribution < -0.4 is 10.1 Å². The predicted octanol–water partition coefficient (Wildman–Crippen LogP) is 5.48. The van der Waals surface area contributed by atoms with E-state index in [4.69, 9.17) is 9.84 Å². The molecule has 1 saturated heterocycles. The Morgan fingerprint density at radius 3 is 2.43 bits per heavy atom. The maximum atomic E-state index is 12.6. The number of ether oxygens (including phenoxy) is 1. The summed E-state index contributed by atoms with van der Waals surface area (Å²) in [6.45, 7) is 6.49. The predicted molar refractivity (Wildman–Crippen MR) is 175 cm³/mol. The number of aromatic nitrogens is 3. The van der Waals surface area contributed by atoms with E-state index in [2.05, 4.69) is 10.3 Å². The summed E-state index contributed by atoms with van der Waals surface area (Å²) in [5, 5.41) is 19.0. The number of hydrogen-bond donors (Lipinski definition) is 2. The van der Waals surface area contributed by atoms with Crippen LogP contribution in [-0.4, -0.2) is 76.6 Å². The molecule has 13 heteroatoms. The van der Waals surface area contributed by atoms with E-state index in [-0.39, 0.29) is 30.5 Å². The average Bonchev–Trinajstić information content (AvgIpc) is 3.39. The lowest BCUT2D eigenvalue weighted by atomic mass is 9.72. The molecule has 1 amide bonds. The Morgan fingerprint density at radius 1 is 1.13 bits per heavy atom. The van der Waals surface area contributed by atoms with Gasteiger partial charge >= 0.3 is 6.09 Å². The summed E-state index contributed by atoms with van der Waals surface area (Å²) in [6.07, 6.45) is 2.39. The van der Waals surface area contributed by atoms with Crippen LogP contribution >= 0.6 is 0 Å². The van der Waals surface area contributed by atoms with E-state index in [1.165, 1.54) is 31.1 Å². The normalized spacial score (nSPS) is 18.9. The molecule has 4 aromatic rings. The van der Waals surface area contributed by atoms with Gasteiger partial charge in [-0.15, -0.1) is 0 Å². The highest BCUT2D eigenvalue weighted by molar-refractivity contribution is 7.89. The van der Waals surface area contributed by atoms with Crippen molar-refractivity contribution in [2.24, 2.45) is 5.41 Å². The molecular weight excluding hydrogens is 608 g/mol. The second-order valence-corrected chi connectivity index (χ2v) is 15.0. The Bertz CT molecular complexity index is 1820. The number of pyridine rings is 1. The molecule has 0 bridgehead atoms. The van der Waals surface area contributed by atoms with Crippen LogP contribution in [-0.2, 0) is 27.0 Å². The molecule has 46 heavy (non-hydrogen) atoms. The Kier molecular flexibility index (Phi) is 9.09. The number of amides is 1. The fourth-order valence-corrected chi connectivity index (χ4v) is 6.96. The SMILES string of the molecule is CN(C)S(=O)(=O)c1ccc(Nc2nn(C3(CC=O)CCN(C(=O)O)C(C(C)(C)C)C3)c3ccnc(OCc4ccccc4)c23)cc1. The molecule has 1 aliphatic heterocycles. The highest BCUT2D eigenvalue weighted by Gasteiger charge is 2.48. The van der Waals surface area contributed by atoms with E-state index < -0.39 is 27.1 Å². The first-order valence-electron chi connectivity index (χ1n) is 15.0. The highest BCUT2D eigenvalue weighted by Crippen LogP contribution is 2.45. The molecule has 1 aliphatic rings.